The first-order chi connectivity index (χ1) is 12.1. The minimum Gasteiger partial charge on any atom is -0.439 e. The maximum absolute atomic E-state index is 11.5. The molecule has 6 heteroatoms. The maximum Gasteiger partial charge on any atom is 0.219 e. The fourth-order valence-corrected chi connectivity index (χ4v) is 4.20. The highest BCUT2D eigenvalue weighted by molar-refractivity contribution is 5.73. The number of benzene rings is 1. The van der Waals surface area contributed by atoms with Crippen molar-refractivity contribution in [3.63, 3.8) is 0 Å². The van der Waals surface area contributed by atoms with E-state index in [1.807, 2.05) is 29.2 Å². The number of hydrogen-bond donors (Lipinski definition) is 0. The Kier molecular flexibility index (Phi) is 4.48. The van der Waals surface area contributed by atoms with Gasteiger partial charge in [0.15, 0.2) is 5.58 Å². The number of para-hydroxylation sites is 2. The van der Waals surface area contributed by atoms with E-state index in [1.165, 1.54) is 0 Å². The van der Waals surface area contributed by atoms with Crippen molar-refractivity contribution in [3.05, 3.63) is 30.2 Å². The standard InChI is InChI=1S/C19H26N4O2/c1-14-11-21(13-19-20-16-5-3-4-6-18(16)25-19)12-17(14)23-9-7-22(8-10-23)15(2)24/h3-6,14,17H,7-13H2,1-2H3/t14-,17+/m1/s1. The summed E-state index contributed by atoms with van der Waals surface area (Å²) < 4.78 is 5.88. The number of nitrogens with zero attached hydrogens (tertiary/aromatic N) is 4. The largest absolute Gasteiger partial charge is 0.439 e. The minimum absolute atomic E-state index is 0.191. The van der Waals surface area contributed by atoms with Crippen LogP contribution < -0.4 is 0 Å². The number of likely N-dealkylation sites (tertiary alicyclic amines) is 1. The number of rotatable bonds is 3. The van der Waals surface area contributed by atoms with Gasteiger partial charge in [0.05, 0.1) is 6.54 Å². The fraction of sp³-hybridized carbons (Fsp3) is 0.579. The van der Waals surface area contributed by atoms with Crippen molar-refractivity contribution >= 4 is 17.0 Å². The summed E-state index contributed by atoms with van der Waals surface area (Å²) in [6.07, 6.45) is 0. The molecular weight excluding hydrogens is 316 g/mol. The van der Waals surface area contributed by atoms with Crippen LogP contribution in [-0.2, 0) is 11.3 Å². The van der Waals surface area contributed by atoms with Gasteiger partial charge >= 0.3 is 0 Å². The second kappa shape index (κ2) is 6.77. The quantitative estimate of drug-likeness (QED) is 0.852. The van der Waals surface area contributed by atoms with Gasteiger partial charge in [-0.2, -0.15) is 0 Å². The molecule has 1 aromatic heterocycles. The number of oxazole rings is 1. The Morgan fingerprint density at radius 3 is 2.68 bits per heavy atom. The van der Waals surface area contributed by atoms with Crippen molar-refractivity contribution in [2.24, 2.45) is 5.92 Å². The van der Waals surface area contributed by atoms with Gasteiger partial charge < -0.3 is 9.32 Å². The van der Waals surface area contributed by atoms with Gasteiger partial charge in [-0.25, -0.2) is 4.98 Å². The molecule has 0 N–H and O–H groups in total. The first-order valence-corrected chi connectivity index (χ1v) is 9.16. The van der Waals surface area contributed by atoms with Crippen molar-refractivity contribution in [1.29, 1.82) is 0 Å². The normalized spacial score (nSPS) is 25.8. The van der Waals surface area contributed by atoms with Crippen LogP contribution >= 0.6 is 0 Å². The highest BCUT2D eigenvalue weighted by Crippen LogP contribution is 2.25. The van der Waals surface area contributed by atoms with Crippen molar-refractivity contribution in [2.75, 3.05) is 39.3 Å². The summed E-state index contributed by atoms with van der Waals surface area (Å²) in [7, 11) is 0. The van der Waals surface area contributed by atoms with Crippen LogP contribution in [-0.4, -0.2) is 70.9 Å². The summed E-state index contributed by atoms with van der Waals surface area (Å²) in [5, 5.41) is 0. The van der Waals surface area contributed by atoms with E-state index in [4.69, 9.17) is 4.42 Å². The zero-order valence-electron chi connectivity index (χ0n) is 15.0. The van der Waals surface area contributed by atoms with Crippen LogP contribution in [0.1, 0.15) is 19.7 Å². The van der Waals surface area contributed by atoms with Crippen molar-refractivity contribution in [1.82, 2.24) is 19.7 Å². The van der Waals surface area contributed by atoms with E-state index in [9.17, 15) is 4.79 Å². The highest BCUT2D eigenvalue weighted by Gasteiger charge is 2.35. The van der Waals surface area contributed by atoms with Crippen LogP contribution in [0.25, 0.3) is 11.1 Å². The Hall–Kier alpha value is -1.92. The molecule has 1 aromatic carbocycles. The zero-order valence-corrected chi connectivity index (χ0v) is 15.0. The number of carbonyl (C=O) groups excluding carboxylic acids is 1. The molecule has 0 bridgehead atoms. The van der Waals surface area contributed by atoms with Gasteiger partial charge in [0, 0.05) is 52.2 Å². The summed E-state index contributed by atoms with van der Waals surface area (Å²) in [5.74, 6) is 1.61. The van der Waals surface area contributed by atoms with Gasteiger partial charge in [-0.15, -0.1) is 0 Å². The topological polar surface area (TPSA) is 52.8 Å². The van der Waals surface area contributed by atoms with Crippen LogP contribution in [0.4, 0.5) is 0 Å². The molecule has 2 aliphatic heterocycles. The molecule has 2 atom stereocenters. The number of hydrogen-bond acceptors (Lipinski definition) is 5. The molecule has 2 aromatic rings. The van der Waals surface area contributed by atoms with Gasteiger partial charge in [-0.1, -0.05) is 19.1 Å². The average Bonchev–Trinajstić information content (AvgIpc) is 3.17. The Bertz CT molecular complexity index is 718. The van der Waals surface area contributed by atoms with Gasteiger partial charge in [0.2, 0.25) is 11.8 Å². The van der Waals surface area contributed by atoms with E-state index in [0.717, 1.165) is 62.8 Å². The molecule has 134 valence electrons. The summed E-state index contributed by atoms with van der Waals surface area (Å²) in [6, 6.07) is 8.48. The third-order valence-corrected chi connectivity index (χ3v) is 5.57. The first kappa shape index (κ1) is 16.5. The molecular formula is C19H26N4O2. The van der Waals surface area contributed by atoms with Crippen molar-refractivity contribution < 1.29 is 9.21 Å². The molecule has 2 saturated heterocycles. The average molecular weight is 342 g/mol. The third kappa shape index (κ3) is 3.41. The lowest BCUT2D eigenvalue weighted by molar-refractivity contribution is -0.130. The molecule has 25 heavy (non-hydrogen) atoms. The Morgan fingerprint density at radius 1 is 1.20 bits per heavy atom. The molecule has 2 aliphatic rings. The molecule has 0 radical (unpaired) electrons. The number of carbonyl (C=O) groups is 1. The lowest BCUT2D eigenvalue weighted by atomic mass is 10.0. The lowest BCUT2D eigenvalue weighted by Gasteiger charge is -2.39. The molecule has 2 fully saturated rings. The van der Waals surface area contributed by atoms with Gasteiger partial charge in [-0.05, 0) is 18.1 Å². The summed E-state index contributed by atoms with van der Waals surface area (Å²) in [4.78, 5) is 23.0. The van der Waals surface area contributed by atoms with E-state index in [1.54, 1.807) is 6.92 Å². The fourth-order valence-electron chi connectivity index (χ4n) is 4.20. The van der Waals surface area contributed by atoms with Crippen molar-refractivity contribution in [3.8, 4) is 0 Å². The van der Waals surface area contributed by atoms with Crippen molar-refractivity contribution in [2.45, 2.75) is 26.4 Å². The van der Waals surface area contributed by atoms with Gasteiger partial charge in [0.25, 0.3) is 0 Å². The Balaban J connectivity index is 1.37. The number of aromatic nitrogens is 1. The number of fused-ring (bicyclic) bond motifs is 1. The van der Waals surface area contributed by atoms with Crippen LogP contribution in [0.15, 0.2) is 28.7 Å². The summed E-state index contributed by atoms with van der Waals surface area (Å²) in [5.41, 5.74) is 1.79. The molecule has 0 aliphatic carbocycles. The molecule has 4 rings (SSSR count). The summed E-state index contributed by atoms with van der Waals surface area (Å²) >= 11 is 0. The Morgan fingerprint density at radius 2 is 1.96 bits per heavy atom. The molecule has 0 saturated carbocycles. The number of amides is 1. The lowest BCUT2D eigenvalue weighted by Crippen LogP contribution is -2.53. The van der Waals surface area contributed by atoms with E-state index in [-0.39, 0.29) is 5.91 Å². The van der Waals surface area contributed by atoms with E-state index in [0.29, 0.717) is 12.0 Å². The predicted octanol–water partition coefficient (Wildman–Crippen LogP) is 1.81. The Labute approximate surface area is 148 Å². The van der Waals surface area contributed by atoms with Gasteiger partial charge in [0.1, 0.15) is 5.52 Å². The molecule has 3 heterocycles. The second-order valence-electron chi connectivity index (χ2n) is 7.36. The maximum atomic E-state index is 11.5. The molecule has 0 spiro atoms. The highest BCUT2D eigenvalue weighted by atomic mass is 16.3. The van der Waals surface area contributed by atoms with Crippen LogP contribution in [0, 0.1) is 5.92 Å². The van der Waals surface area contributed by atoms with Gasteiger partial charge in [-0.3, -0.25) is 14.6 Å². The first-order valence-electron chi connectivity index (χ1n) is 9.16. The van der Waals surface area contributed by atoms with Crippen LogP contribution in [0.3, 0.4) is 0 Å². The molecule has 1 amide bonds. The third-order valence-electron chi connectivity index (χ3n) is 5.57. The van der Waals surface area contributed by atoms with E-state index >= 15 is 0 Å². The molecule has 6 nitrogen and oxygen atoms in total. The van der Waals surface area contributed by atoms with Crippen LogP contribution in [0.5, 0.6) is 0 Å². The second-order valence-corrected chi connectivity index (χ2v) is 7.36. The van der Waals surface area contributed by atoms with E-state index < -0.39 is 0 Å². The smallest absolute Gasteiger partial charge is 0.219 e. The monoisotopic (exact) mass is 342 g/mol. The predicted molar refractivity (Wildman–Crippen MR) is 96.1 cm³/mol. The van der Waals surface area contributed by atoms with E-state index in [2.05, 4.69) is 21.7 Å². The number of piperazine rings is 1. The minimum atomic E-state index is 0.191. The zero-order chi connectivity index (χ0) is 17.4. The molecule has 0 unspecified atom stereocenters. The van der Waals surface area contributed by atoms with Crippen LogP contribution in [0.2, 0.25) is 0 Å². The SMILES string of the molecule is CC(=O)N1CCN([C@H]2CN(Cc3nc4ccccc4o3)C[C@H]2C)CC1. The summed E-state index contributed by atoms with van der Waals surface area (Å²) in [6.45, 7) is 10.5.